The van der Waals surface area contributed by atoms with Crippen LogP contribution in [-0.2, 0) is 11.2 Å². The molecule has 0 radical (unpaired) electrons. The Hall–Kier alpha value is -4.24. The number of aromatic nitrogens is 5. The fraction of sp³-hybridized carbons (Fsp3) is 0.486. The summed E-state index contributed by atoms with van der Waals surface area (Å²) < 4.78 is 105. The number of hydrogen-bond acceptors (Lipinski definition) is 8. The number of aryl methyl sites for hydroxylation is 1. The van der Waals surface area contributed by atoms with Gasteiger partial charge >= 0.3 is 12.2 Å². The van der Waals surface area contributed by atoms with Crippen molar-refractivity contribution in [1.29, 1.82) is 0 Å². The molecule has 264 valence electrons. The molecule has 0 amide bonds. The van der Waals surface area contributed by atoms with Crippen LogP contribution in [0.5, 0.6) is 11.9 Å². The lowest BCUT2D eigenvalue weighted by Crippen LogP contribution is -2.43. The van der Waals surface area contributed by atoms with Gasteiger partial charge in [-0.3, -0.25) is 9.88 Å². The first kappa shape index (κ1) is 32.9. The summed E-state index contributed by atoms with van der Waals surface area (Å²) in [4.78, 5) is 14.8. The highest BCUT2D eigenvalue weighted by atomic mass is 19.4. The zero-order chi connectivity index (χ0) is 34.8. The molecular formula is C35H34F6N6O3. The van der Waals surface area contributed by atoms with Crippen molar-refractivity contribution in [2.75, 3.05) is 32.9 Å². The van der Waals surface area contributed by atoms with E-state index in [1.54, 1.807) is 23.9 Å². The maximum Gasteiger partial charge on any atom is 0.422 e. The summed E-state index contributed by atoms with van der Waals surface area (Å²) in [6, 6.07) is 4.42. The van der Waals surface area contributed by atoms with E-state index in [1.807, 2.05) is 11.0 Å². The van der Waals surface area contributed by atoms with Gasteiger partial charge in [0, 0.05) is 36.7 Å². The average molecular weight is 701 g/mol. The van der Waals surface area contributed by atoms with Gasteiger partial charge in [-0.15, -0.1) is 0 Å². The molecular weight excluding hydrogens is 666 g/mol. The fourth-order valence-corrected chi connectivity index (χ4v) is 7.94. The lowest BCUT2D eigenvalue weighted by atomic mass is 9.92. The van der Waals surface area contributed by atoms with E-state index < -0.39 is 53.5 Å². The molecule has 1 unspecified atom stereocenters. The Bertz CT molecular complexity index is 2100. The quantitative estimate of drug-likeness (QED) is 0.153. The van der Waals surface area contributed by atoms with E-state index in [2.05, 4.69) is 20.1 Å². The molecule has 3 aliphatic heterocycles. The van der Waals surface area contributed by atoms with Gasteiger partial charge in [0.1, 0.15) is 29.8 Å². The molecule has 3 fully saturated rings. The predicted octanol–water partition coefficient (Wildman–Crippen LogP) is 7.63. The van der Waals surface area contributed by atoms with Crippen LogP contribution in [0.2, 0.25) is 0 Å². The maximum absolute atomic E-state index is 17.1. The van der Waals surface area contributed by atoms with Crippen LogP contribution in [0, 0.1) is 11.6 Å². The molecule has 50 heavy (non-hydrogen) atoms. The van der Waals surface area contributed by atoms with Crippen molar-refractivity contribution >= 4 is 32.6 Å². The lowest BCUT2D eigenvalue weighted by molar-refractivity contribution is -0.153. The van der Waals surface area contributed by atoms with E-state index >= 15 is 8.78 Å². The largest absolute Gasteiger partial charge is 0.467 e. The maximum atomic E-state index is 17.1. The standard InChI is InChI=1S/C35H34F6N6O3/c1-2-21-24(37)8-7-19-12-25-22(15-43-47(25)26-6-3-4-11-48-26)28(27(19)21)31-29(38)30-23(14-42-31)32(49-18-35(39,40)41)45-33(44-30)50-17-34-9-5-10-46(34)16-20(36)13-34/h7-8,12,14-15,20,26H,2-6,9-11,13,16-18H2,1H3/t20-,26?,34+/m1/s1. The van der Waals surface area contributed by atoms with Crippen LogP contribution < -0.4 is 9.47 Å². The van der Waals surface area contributed by atoms with Crippen LogP contribution in [0.4, 0.5) is 26.3 Å². The van der Waals surface area contributed by atoms with Gasteiger partial charge in [-0.25, -0.2) is 17.9 Å². The van der Waals surface area contributed by atoms with Crippen molar-refractivity contribution < 1.29 is 40.6 Å². The van der Waals surface area contributed by atoms with Crippen LogP contribution in [-0.4, -0.2) is 80.4 Å². The molecule has 6 heterocycles. The highest BCUT2D eigenvalue weighted by molar-refractivity contribution is 6.13. The Labute approximate surface area is 282 Å². The smallest absolute Gasteiger partial charge is 0.422 e. The molecule has 0 N–H and O–H groups in total. The lowest BCUT2D eigenvalue weighted by Gasteiger charge is -2.30. The zero-order valence-electron chi connectivity index (χ0n) is 27.2. The van der Waals surface area contributed by atoms with Gasteiger partial charge in [0.15, 0.2) is 18.7 Å². The summed E-state index contributed by atoms with van der Waals surface area (Å²) in [5, 5.41) is 5.93. The Morgan fingerprint density at radius 2 is 1.92 bits per heavy atom. The van der Waals surface area contributed by atoms with Gasteiger partial charge < -0.3 is 14.2 Å². The summed E-state index contributed by atoms with van der Waals surface area (Å²) in [7, 11) is 0. The third kappa shape index (κ3) is 5.67. The van der Waals surface area contributed by atoms with E-state index in [0.717, 1.165) is 31.9 Å². The molecule has 8 rings (SSSR count). The molecule has 5 aromatic rings. The number of halogens is 6. The molecule has 3 aliphatic rings. The zero-order valence-corrected chi connectivity index (χ0v) is 27.2. The van der Waals surface area contributed by atoms with Crippen molar-refractivity contribution in [3.05, 3.63) is 47.8 Å². The number of nitrogens with zero attached hydrogens (tertiary/aromatic N) is 6. The van der Waals surface area contributed by atoms with Crippen molar-refractivity contribution in [2.24, 2.45) is 0 Å². The number of alkyl halides is 4. The van der Waals surface area contributed by atoms with Crippen molar-refractivity contribution in [2.45, 2.75) is 76.0 Å². The SMILES string of the molecule is CCc1c(F)ccc2cc3c(cnn3C3CCCCO3)c(-c3ncc4c(OCC(F)(F)F)nc(OC[C@@]56CCCN5C[C@H](F)C6)nc4c3F)c12. The molecule has 3 saturated heterocycles. The topological polar surface area (TPSA) is 87.4 Å². The van der Waals surface area contributed by atoms with E-state index in [-0.39, 0.29) is 48.9 Å². The first-order chi connectivity index (χ1) is 24.0. The number of rotatable bonds is 8. The Morgan fingerprint density at radius 3 is 2.70 bits per heavy atom. The van der Waals surface area contributed by atoms with Gasteiger partial charge in [0.05, 0.1) is 22.6 Å². The van der Waals surface area contributed by atoms with E-state index in [1.165, 1.54) is 6.07 Å². The minimum absolute atomic E-state index is 0.0390. The third-order valence-electron chi connectivity index (χ3n) is 10.2. The Kier molecular flexibility index (Phi) is 8.24. The minimum Gasteiger partial charge on any atom is -0.467 e. The normalized spacial score (nSPS) is 22.9. The molecule has 15 heteroatoms. The third-order valence-corrected chi connectivity index (χ3v) is 10.2. The highest BCUT2D eigenvalue weighted by Crippen LogP contribution is 2.43. The van der Waals surface area contributed by atoms with Gasteiger partial charge in [-0.2, -0.15) is 28.2 Å². The molecule has 9 nitrogen and oxygen atoms in total. The second-order valence-corrected chi connectivity index (χ2v) is 13.3. The number of pyridine rings is 1. The van der Waals surface area contributed by atoms with E-state index in [9.17, 15) is 17.6 Å². The highest BCUT2D eigenvalue weighted by Gasteiger charge is 2.49. The van der Waals surface area contributed by atoms with Crippen molar-refractivity contribution in [1.82, 2.24) is 29.6 Å². The van der Waals surface area contributed by atoms with E-state index in [4.69, 9.17) is 14.2 Å². The first-order valence-electron chi connectivity index (χ1n) is 16.9. The fourth-order valence-electron chi connectivity index (χ4n) is 7.94. The van der Waals surface area contributed by atoms with Crippen molar-refractivity contribution in [3.63, 3.8) is 0 Å². The first-order valence-corrected chi connectivity index (χ1v) is 16.9. The summed E-state index contributed by atoms with van der Waals surface area (Å²) in [6.07, 6.45) is 1.20. The summed E-state index contributed by atoms with van der Waals surface area (Å²) in [6.45, 7) is 1.56. The second-order valence-electron chi connectivity index (χ2n) is 13.3. The van der Waals surface area contributed by atoms with Crippen molar-refractivity contribution in [3.8, 4) is 23.1 Å². The number of benzene rings is 2. The number of hydrogen-bond donors (Lipinski definition) is 0. The summed E-state index contributed by atoms with van der Waals surface area (Å²) in [5.41, 5.74) is -0.000375. The van der Waals surface area contributed by atoms with Crippen LogP contribution >= 0.6 is 0 Å². The van der Waals surface area contributed by atoms with Gasteiger partial charge in [-0.1, -0.05) is 13.0 Å². The predicted molar refractivity (Wildman–Crippen MR) is 172 cm³/mol. The van der Waals surface area contributed by atoms with E-state index in [0.29, 0.717) is 46.8 Å². The molecule has 0 saturated carbocycles. The Morgan fingerprint density at radius 1 is 1.06 bits per heavy atom. The minimum atomic E-state index is -4.72. The van der Waals surface area contributed by atoms with Crippen LogP contribution in [0.3, 0.4) is 0 Å². The second kappa shape index (κ2) is 12.5. The van der Waals surface area contributed by atoms with Crippen LogP contribution in [0.25, 0.3) is 43.8 Å². The van der Waals surface area contributed by atoms with Gasteiger partial charge in [0.25, 0.3) is 0 Å². The molecule has 0 bridgehead atoms. The molecule has 0 spiro atoms. The van der Waals surface area contributed by atoms with Crippen LogP contribution in [0.15, 0.2) is 30.6 Å². The number of fused-ring (bicyclic) bond motifs is 4. The molecule has 0 aliphatic carbocycles. The van der Waals surface area contributed by atoms with Gasteiger partial charge in [-0.05, 0) is 73.5 Å². The molecule has 2 aromatic carbocycles. The average Bonchev–Trinajstić information content (AvgIpc) is 3.78. The van der Waals surface area contributed by atoms with Gasteiger partial charge in [0.2, 0.25) is 5.88 Å². The summed E-state index contributed by atoms with van der Waals surface area (Å²) in [5.74, 6) is -2.03. The monoisotopic (exact) mass is 700 g/mol. The summed E-state index contributed by atoms with van der Waals surface area (Å²) >= 11 is 0. The van der Waals surface area contributed by atoms with Crippen LogP contribution in [0.1, 0.15) is 57.2 Å². The Balaban J connectivity index is 1.31. The molecule has 3 aromatic heterocycles. The number of ether oxygens (including phenoxy) is 3. The molecule has 3 atom stereocenters.